The second-order valence-corrected chi connectivity index (χ2v) is 14.4. The highest BCUT2D eigenvalue weighted by molar-refractivity contribution is 5.97. The Morgan fingerprint density at radius 2 is 1.67 bits per heavy atom. The van der Waals surface area contributed by atoms with E-state index < -0.39 is 0 Å². The van der Waals surface area contributed by atoms with Gasteiger partial charge in [-0.25, -0.2) is 0 Å². The summed E-state index contributed by atoms with van der Waals surface area (Å²) in [5.41, 5.74) is 5.58. The van der Waals surface area contributed by atoms with Crippen molar-refractivity contribution in [3.8, 4) is 34.4 Å². The molecular formula is C40H50N4O5. The molecular weight excluding hydrogens is 616 g/mol. The number of piperidine rings is 1. The Morgan fingerprint density at radius 3 is 2.29 bits per heavy atom. The Bertz CT molecular complexity index is 1800. The highest BCUT2D eigenvalue weighted by Gasteiger charge is 2.33. The molecule has 2 aliphatic heterocycles. The Morgan fingerprint density at radius 1 is 1.00 bits per heavy atom. The van der Waals surface area contributed by atoms with Gasteiger partial charge in [0.2, 0.25) is 0 Å². The topological polar surface area (TPSA) is 97.0 Å². The number of ether oxygens (including phenoxy) is 3. The molecule has 3 heterocycles. The lowest BCUT2D eigenvalue weighted by Gasteiger charge is -2.33. The normalized spacial score (nSPS) is 17.6. The van der Waals surface area contributed by atoms with Crippen LogP contribution in [0, 0.1) is 30.6 Å². The van der Waals surface area contributed by atoms with Crippen molar-refractivity contribution >= 4 is 5.91 Å². The van der Waals surface area contributed by atoms with Gasteiger partial charge in [0.15, 0.2) is 0 Å². The molecule has 0 aliphatic carbocycles. The fourth-order valence-electron chi connectivity index (χ4n) is 7.04. The Labute approximate surface area is 290 Å². The summed E-state index contributed by atoms with van der Waals surface area (Å²) in [4.78, 5) is 30.1. The van der Waals surface area contributed by atoms with E-state index in [0.717, 1.165) is 89.4 Å². The van der Waals surface area contributed by atoms with Crippen LogP contribution in [-0.2, 0) is 18.4 Å². The Balaban J connectivity index is 1.25. The van der Waals surface area contributed by atoms with Crippen LogP contribution in [0.5, 0.6) is 17.2 Å². The molecule has 49 heavy (non-hydrogen) atoms. The number of pyridine rings is 1. The molecule has 0 radical (unpaired) electrons. The van der Waals surface area contributed by atoms with Gasteiger partial charge in [-0.1, -0.05) is 39.0 Å². The summed E-state index contributed by atoms with van der Waals surface area (Å²) in [7, 11) is 5.14. The van der Waals surface area contributed by atoms with Gasteiger partial charge < -0.3 is 23.7 Å². The Kier molecular flexibility index (Phi) is 10.9. The summed E-state index contributed by atoms with van der Waals surface area (Å²) in [5.74, 6) is 2.12. The van der Waals surface area contributed by atoms with Gasteiger partial charge in [0.05, 0.1) is 25.8 Å². The summed E-state index contributed by atoms with van der Waals surface area (Å²) < 4.78 is 19.9. The number of hydrogen-bond acceptors (Lipinski definition) is 7. The predicted molar refractivity (Wildman–Crippen MR) is 192 cm³/mol. The van der Waals surface area contributed by atoms with Crippen LogP contribution in [0.1, 0.15) is 74.8 Å². The van der Waals surface area contributed by atoms with Gasteiger partial charge in [0.25, 0.3) is 11.5 Å². The highest BCUT2D eigenvalue weighted by Crippen LogP contribution is 2.38. The van der Waals surface area contributed by atoms with Crippen molar-refractivity contribution in [3.05, 3.63) is 86.9 Å². The second kappa shape index (κ2) is 14.9. The first-order valence-corrected chi connectivity index (χ1v) is 17.2. The largest absolute Gasteiger partial charge is 0.496 e. The number of aryl methyl sites for hydroxylation is 1. The molecule has 1 amide bonds. The van der Waals surface area contributed by atoms with E-state index in [1.807, 2.05) is 70.0 Å². The van der Waals surface area contributed by atoms with E-state index in [1.165, 1.54) is 0 Å². The van der Waals surface area contributed by atoms with E-state index in [9.17, 15) is 14.9 Å². The van der Waals surface area contributed by atoms with Crippen LogP contribution < -0.4 is 19.8 Å². The van der Waals surface area contributed by atoms with Crippen molar-refractivity contribution in [1.82, 2.24) is 14.4 Å². The maximum Gasteiger partial charge on any atom is 0.264 e. The van der Waals surface area contributed by atoms with Gasteiger partial charge in [0.1, 0.15) is 35.0 Å². The van der Waals surface area contributed by atoms with Crippen LogP contribution in [0.25, 0.3) is 11.1 Å². The molecule has 2 fully saturated rings. The third-order valence-electron chi connectivity index (χ3n) is 9.75. The number of carbonyl (C=O) groups is 1. The molecule has 260 valence electrons. The quantitative estimate of drug-likeness (QED) is 0.181. The van der Waals surface area contributed by atoms with Crippen LogP contribution >= 0.6 is 0 Å². The zero-order valence-electron chi connectivity index (χ0n) is 30.3. The smallest absolute Gasteiger partial charge is 0.264 e. The monoisotopic (exact) mass is 666 g/mol. The maximum absolute atomic E-state index is 13.4. The minimum atomic E-state index is -0.258. The van der Waals surface area contributed by atoms with Gasteiger partial charge >= 0.3 is 0 Å². The van der Waals surface area contributed by atoms with Crippen LogP contribution in [0.2, 0.25) is 0 Å². The van der Waals surface area contributed by atoms with E-state index in [2.05, 4.69) is 23.1 Å². The number of likely N-dealkylation sites (tertiary alicyclic amines) is 2. The van der Waals surface area contributed by atoms with E-state index in [0.29, 0.717) is 13.1 Å². The summed E-state index contributed by atoms with van der Waals surface area (Å²) in [6.07, 6.45) is 7.24. The number of hydrogen-bond donors (Lipinski definition) is 0. The first-order chi connectivity index (χ1) is 23.3. The van der Waals surface area contributed by atoms with Crippen LogP contribution in [0.4, 0.5) is 0 Å². The molecule has 0 bridgehead atoms. The number of allylic oxidation sites excluding steroid dienone is 1. The molecule has 0 spiro atoms. The second-order valence-electron chi connectivity index (χ2n) is 14.4. The lowest BCUT2D eigenvalue weighted by molar-refractivity contribution is -0.127. The molecule has 2 saturated heterocycles. The zero-order chi connectivity index (χ0) is 35.5. The van der Waals surface area contributed by atoms with Crippen LogP contribution in [0.3, 0.4) is 0 Å². The molecule has 1 atom stereocenters. The fraction of sp³-hybridized carbons (Fsp3) is 0.475. The summed E-state index contributed by atoms with van der Waals surface area (Å²) in [6, 6.07) is 14.2. The molecule has 0 N–H and O–H groups in total. The number of nitriles is 1. The molecule has 0 saturated carbocycles. The van der Waals surface area contributed by atoms with Gasteiger partial charge in [0, 0.05) is 50.6 Å². The average molecular weight is 667 g/mol. The van der Waals surface area contributed by atoms with Crippen LogP contribution in [-0.4, -0.2) is 60.2 Å². The molecule has 1 unspecified atom stereocenters. The molecule has 2 aliphatic rings. The van der Waals surface area contributed by atoms with Crippen molar-refractivity contribution in [2.45, 2.75) is 79.0 Å². The standard InChI is InChI=1S/C40H50N4O5/c1-26-27(2)38(45)42(6)24-33(26)29-20-36(47-7)34(37(21-29)48-8)25-43-17-14-31(15-18-43)49-32-12-9-11-28(19-32)35-13-10-16-44(35)39(46)30(23-41)22-40(3,4)5/h9,11-12,19-22,24,31,35H,10,13-18,25H2,1-8H3. The minimum Gasteiger partial charge on any atom is -0.496 e. The van der Waals surface area contributed by atoms with Gasteiger partial charge in [-0.15, -0.1) is 0 Å². The maximum atomic E-state index is 13.4. The van der Waals surface area contributed by atoms with E-state index >= 15 is 0 Å². The first kappa shape index (κ1) is 35.7. The first-order valence-electron chi connectivity index (χ1n) is 17.2. The number of nitrogens with zero attached hydrogens (tertiary/aromatic N) is 4. The molecule has 9 heteroatoms. The fourth-order valence-corrected chi connectivity index (χ4v) is 7.04. The average Bonchev–Trinajstić information content (AvgIpc) is 3.58. The number of benzene rings is 2. The molecule has 1 aromatic heterocycles. The molecule has 2 aromatic carbocycles. The predicted octanol–water partition coefficient (Wildman–Crippen LogP) is 6.89. The number of amides is 1. The van der Waals surface area contributed by atoms with Crippen molar-refractivity contribution in [3.63, 3.8) is 0 Å². The van der Waals surface area contributed by atoms with E-state index in [-0.39, 0.29) is 34.6 Å². The van der Waals surface area contributed by atoms with Crippen molar-refractivity contribution in [2.75, 3.05) is 33.9 Å². The lowest BCUT2D eigenvalue weighted by atomic mass is 9.93. The van der Waals surface area contributed by atoms with Crippen LogP contribution in [0.15, 0.2) is 59.0 Å². The lowest BCUT2D eigenvalue weighted by Crippen LogP contribution is -2.38. The van der Waals surface area contributed by atoms with Gasteiger partial charge in [-0.05, 0) is 85.9 Å². The number of methoxy groups -OCH3 is 2. The van der Waals surface area contributed by atoms with Gasteiger partial charge in [-0.2, -0.15) is 5.26 Å². The van der Waals surface area contributed by atoms with Gasteiger partial charge in [-0.3, -0.25) is 14.5 Å². The third kappa shape index (κ3) is 8.02. The SMILES string of the molecule is COc1cc(-c2cn(C)c(=O)c(C)c2C)cc(OC)c1CN1CCC(Oc2cccc(C3CCCN3C(=O)C(C#N)=CC(C)(C)C)c2)CC1. The summed E-state index contributed by atoms with van der Waals surface area (Å²) >= 11 is 0. The summed E-state index contributed by atoms with van der Waals surface area (Å²) in [6.45, 7) is 12.9. The highest BCUT2D eigenvalue weighted by atomic mass is 16.5. The van der Waals surface area contributed by atoms with E-state index in [4.69, 9.17) is 14.2 Å². The molecule has 3 aromatic rings. The molecule has 5 rings (SSSR count). The van der Waals surface area contributed by atoms with Crippen molar-refractivity contribution < 1.29 is 19.0 Å². The summed E-state index contributed by atoms with van der Waals surface area (Å²) in [5, 5.41) is 9.73. The minimum absolute atomic E-state index is 0.00340. The third-order valence-corrected chi connectivity index (χ3v) is 9.75. The Hall–Kier alpha value is -4.55. The zero-order valence-corrected chi connectivity index (χ0v) is 30.3. The van der Waals surface area contributed by atoms with Crippen molar-refractivity contribution in [2.24, 2.45) is 12.5 Å². The molecule has 9 nitrogen and oxygen atoms in total. The van der Waals surface area contributed by atoms with E-state index in [1.54, 1.807) is 31.9 Å². The van der Waals surface area contributed by atoms with Crippen molar-refractivity contribution in [1.29, 1.82) is 5.26 Å². The number of rotatable bonds is 9. The number of carbonyl (C=O) groups excluding carboxylic acids is 1. The number of aromatic nitrogens is 1.